The largest absolute Gasteiger partial charge is 0.535 e. The average Bonchev–Trinajstić information content (AvgIpc) is 1.69. The number of rotatable bonds is 78. The first-order valence-electron chi connectivity index (χ1n) is 47.1. The summed E-state index contributed by atoms with van der Waals surface area (Å²) < 4.78 is 118. The summed E-state index contributed by atoms with van der Waals surface area (Å²) in [5, 5.41) is 41.7. The molecule has 4 aromatic carbocycles. The summed E-state index contributed by atoms with van der Waals surface area (Å²) in [7, 11) is 5.10. The molecule has 0 fully saturated rings. The number of carbonyl (C=O) groups excluding carboxylic acids is 16. The summed E-state index contributed by atoms with van der Waals surface area (Å²) in [5.74, 6) is -3.31. The lowest BCUT2D eigenvalue weighted by Crippen LogP contribution is -2.36. The van der Waals surface area contributed by atoms with Gasteiger partial charge in [-0.05, 0) is 73.0 Å². The second kappa shape index (κ2) is 91.9. The zero-order chi connectivity index (χ0) is 109. The van der Waals surface area contributed by atoms with Crippen LogP contribution >= 0.6 is 0 Å². The highest BCUT2D eigenvalue weighted by atomic mass is 16.8. The van der Waals surface area contributed by atoms with Gasteiger partial charge in [0.1, 0.15) is 109 Å². The summed E-state index contributed by atoms with van der Waals surface area (Å²) in [6.07, 6.45) is -6.80. The maximum atomic E-state index is 12.1. The first-order chi connectivity index (χ1) is 72.9. The lowest BCUT2D eigenvalue weighted by Gasteiger charge is -2.18. The van der Waals surface area contributed by atoms with Gasteiger partial charge in [-0.15, -0.1) is 5.10 Å². The molecule has 15 N–H and O–H groups in total. The second-order valence-corrected chi connectivity index (χ2v) is 29.0. The number of aliphatic carboxylic acids is 1. The Kier molecular flexibility index (Phi) is 80.6. The molecule has 8 amide bonds. The van der Waals surface area contributed by atoms with E-state index in [0.717, 1.165) is 4.85 Å². The molecule has 0 atom stereocenters. The van der Waals surface area contributed by atoms with Crippen LogP contribution in [0.1, 0.15) is 69.6 Å². The number of para-hydroxylation sites is 1. The molecule has 1 heterocycles. The Bertz CT molecular complexity index is 4370. The zero-order valence-corrected chi connectivity index (χ0v) is 83.5. The van der Waals surface area contributed by atoms with Crippen molar-refractivity contribution in [2.45, 2.75) is 56.8 Å². The lowest BCUT2D eigenvalue weighted by molar-refractivity contribution is -0.142. The number of carboxylic acids is 1. The quantitative estimate of drug-likeness (QED) is 0.00612. The maximum absolute atomic E-state index is 12.1. The molecule has 0 aliphatic heterocycles. The van der Waals surface area contributed by atoms with Crippen LogP contribution in [0.5, 0.6) is 0 Å². The number of carbonyl (C=O) groups is 17. The number of fused-ring (bicyclic) bond motifs is 1. The Morgan fingerprint density at radius 3 is 0.887 bits per heavy atom. The number of hydrogen-bond donors (Lipinski definition) is 13. The number of methoxy groups -OCH3 is 2. The Morgan fingerprint density at radius 2 is 0.593 bits per heavy atom. The fraction of sp³-hybridized carbons (Fsp3) is 0.549. The van der Waals surface area contributed by atoms with E-state index in [9.17, 15) is 81.5 Å². The normalized spacial score (nSPS) is 10.4. The summed E-state index contributed by atoms with van der Waals surface area (Å²) in [6.45, 7) is 4.28. The van der Waals surface area contributed by atoms with Gasteiger partial charge in [0.05, 0.1) is 123 Å². The molecular formula is C91H135B2N15O42. The van der Waals surface area contributed by atoms with Crippen LogP contribution in [0.2, 0.25) is 0 Å². The van der Waals surface area contributed by atoms with E-state index in [4.69, 9.17) is 121 Å². The molecule has 2 radical (unpaired) electrons. The van der Waals surface area contributed by atoms with Gasteiger partial charge in [-0.25, -0.2) is 57.5 Å². The van der Waals surface area contributed by atoms with Crippen LogP contribution in [-0.2, 0) is 133 Å². The molecule has 59 heteroatoms. The molecule has 150 heavy (non-hydrogen) atoms. The molecule has 0 saturated carbocycles. The highest BCUT2D eigenvalue weighted by molar-refractivity contribution is 6.64. The predicted molar refractivity (Wildman–Crippen MR) is 523 cm³/mol. The number of amides is 8. The number of aromatic nitrogens is 3. The summed E-state index contributed by atoms with van der Waals surface area (Å²) in [5.41, 5.74) is 12.9. The standard InChI is InChI=1S/C37H50N4O17.C20H36B2N4O11.C18H36N4O9.C16H13N3O5/c42-31(43)12-7-17-52-30(26-57-36(48)40-15-20-50-18-13-38-34(46)55-24-22-53-32(44)28-8-3-1-4-9-28)27-58-37(49)41-16-21-51-19-14-39-35(47)56-25-23-54-33(45)29-10-5-2-6-11-29;1-32-18(29)3-2-8-35-17(13-36-19(30)23-4-9-33-11-6-25-21-15-27)14-37-20(31)24-5-10-34-12-7-26-22-16-28;1-26-16(23)3-2-8-29-15(13-30-17(24)21-6-11-27-9-4-19)14-31-18(25)22-7-12-28-10-5-20;20-15(12-6-2-1-3-7-12)22-10-11-23-16(21)24-19-14-9-5-4-8-13(14)17-18-19/h1-6,8-11,30H,7,12-27H2,(H,38,46)(H,39,47)(H,40,48)(H,41,49)(H,42,43);15-17,25-26H,2-14H2,1H3,(H,23,30)(H,24,31);15H,2-14,19-20H2,1H3,(H,21,24)(H,22,25);1-9H,10-11H2. The molecule has 832 valence electrons. The highest BCUT2D eigenvalue weighted by Crippen LogP contribution is 2.11. The van der Waals surface area contributed by atoms with Crippen molar-refractivity contribution in [1.82, 2.24) is 68.1 Å². The van der Waals surface area contributed by atoms with Gasteiger partial charge in [0, 0.05) is 118 Å². The summed E-state index contributed by atoms with van der Waals surface area (Å²) in [4.78, 5) is 201. The van der Waals surface area contributed by atoms with E-state index in [-0.39, 0.29) is 229 Å². The molecule has 1 aromatic heterocycles. The van der Waals surface area contributed by atoms with Crippen molar-refractivity contribution < 1.29 is 200 Å². The van der Waals surface area contributed by atoms with Crippen molar-refractivity contribution in [2.24, 2.45) is 11.5 Å². The van der Waals surface area contributed by atoms with Crippen molar-refractivity contribution in [3.63, 3.8) is 0 Å². The van der Waals surface area contributed by atoms with E-state index >= 15 is 0 Å². The molecular weight excluding hydrogens is 2000 g/mol. The van der Waals surface area contributed by atoms with E-state index in [2.05, 4.69) is 72.8 Å². The summed E-state index contributed by atoms with van der Waals surface area (Å²) >= 11 is 0. The molecule has 57 nitrogen and oxygen atoms in total. The molecule has 0 aliphatic rings. The smallest absolute Gasteiger partial charge is 0.481 e. The number of carboxylic acid groups (broad SMARTS) is 1. The van der Waals surface area contributed by atoms with Crippen LogP contribution in [0.4, 0.5) is 43.2 Å². The SMILES string of the molecule is COC(=O)CCCOC(COC(=O)NCCOCCN)COC(=O)NCCOCCN.COC(=O)CCCOC(COC(=O)NCCOCCN[B]C=O)COC(=O)NCCOCCN[B]C=O.O=C(O)CCCOC(COC(=O)NCCOCCNC(=O)OCCOC(=O)c1ccccc1)COC(=O)NCCOCCNC(=O)OCCOC(=O)c1ccccc1.O=C(OCCOC(=O)c1ccccc1)On1nnc2ccccc21. The molecule has 5 aromatic rings. The average molecular weight is 2130 g/mol. The number of nitrogens with two attached hydrogens (primary N) is 2. The third-order valence-corrected chi connectivity index (χ3v) is 17.5. The first kappa shape index (κ1) is 132. The number of esters is 5. The minimum atomic E-state index is -1.01. The number of nitrogens with one attached hydrogen (secondary N) is 10. The van der Waals surface area contributed by atoms with Gasteiger partial charge < -0.3 is 188 Å². The monoisotopic (exact) mass is 2130 g/mol. The van der Waals surface area contributed by atoms with Crippen LogP contribution in [0, 0.1) is 0 Å². The number of alkyl carbamates (subject to hydrolysis) is 8. The second-order valence-electron chi connectivity index (χ2n) is 29.0. The molecule has 0 saturated heterocycles. The molecule has 0 aliphatic carbocycles. The van der Waals surface area contributed by atoms with Crippen LogP contribution in [-0.4, -0.2) is 428 Å². The van der Waals surface area contributed by atoms with Crippen molar-refractivity contribution in [2.75, 3.05) is 271 Å². The van der Waals surface area contributed by atoms with Gasteiger partial charge in [0.15, 0.2) is 0 Å². The van der Waals surface area contributed by atoms with E-state index in [1.54, 1.807) is 115 Å². The molecule has 0 unspecified atom stereocenters. The van der Waals surface area contributed by atoms with E-state index in [1.807, 2.05) is 0 Å². The first-order valence-corrected chi connectivity index (χ1v) is 47.1. The lowest BCUT2D eigenvalue weighted by atomic mass is 9.99. The highest BCUT2D eigenvalue weighted by Gasteiger charge is 2.22. The van der Waals surface area contributed by atoms with Crippen LogP contribution in [0.3, 0.4) is 0 Å². The third kappa shape index (κ3) is 76.1. The van der Waals surface area contributed by atoms with Crippen molar-refractivity contribution in [1.29, 1.82) is 0 Å². The Morgan fingerprint density at radius 1 is 0.327 bits per heavy atom. The van der Waals surface area contributed by atoms with Gasteiger partial charge in [0.25, 0.3) is 14.8 Å². The van der Waals surface area contributed by atoms with Gasteiger partial charge in [-0.2, -0.15) is 0 Å². The minimum absolute atomic E-state index is 0.00117. The van der Waals surface area contributed by atoms with Crippen LogP contribution < -0.4 is 69.3 Å². The van der Waals surface area contributed by atoms with E-state index in [0.29, 0.717) is 119 Å². The molecule has 0 bridgehead atoms. The topological polar surface area (TPSA) is 735 Å². The third-order valence-electron chi connectivity index (χ3n) is 17.5. The fourth-order valence-electron chi connectivity index (χ4n) is 10.4. The molecule has 5 rings (SSSR count). The number of nitrogens with zero attached hydrogens (tertiary/aromatic N) is 3. The zero-order valence-electron chi connectivity index (χ0n) is 83.5. The number of ether oxygens (including phenoxy) is 23. The van der Waals surface area contributed by atoms with Gasteiger partial charge in [-0.1, -0.05) is 71.6 Å². The maximum Gasteiger partial charge on any atom is 0.535 e. The van der Waals surface area contributed by atoms with E-state index < -0.39 is 97.1 Å². The van der Waals surface area contributed by atoms with Crippen LogP contribution in [0.15, 0.2) is 115 Å². The Labute approximate surface area is 865 Å². The van der Waals surface area contributed by atoms with Gasteiger partial charge in [0.2, 0.25) is 0 Å². The van der Waals surface area contributed by atoms with Crippen molar-refractivity contribution in [3.05, 3.63) is 132 Å². The van der Waals surface area contributed by atoms with Gasteiger partial charge >= 0.3 is 90.7 Å². The minimum Gasteiger partial charge on any atom is -0.481 e. The predicted octanol–water partition coefficient (Wildman–Crippen LogP) is 0.0781. The van der Waals surface area contributed by atoms with Gasteiger partial charge in [-0.3, -0.25) is 19.2 Å². The fourth-order valence-corrected chi connectivity index (χ4v) is 10.4. The summed E-state index contributed by atoms with van der Waals surface area (Å²) in [6, 6.07) is 32.2. The van der Waals surface area contributed by atoms with Crippen LogP contribution in [0.25, 0.3) is 11.0 Å². The van der Waals surface area contributed by atoms with E-state index in [1.165, 1.54) is 29.0 Å². The Hall–Kier alpha value is -14.5. The number of benzene rings is 4. The Balaban J connectivity index is 0.000000714. The van der Waals surface area contributed by atoms with Crippen molar-refractivity contribution >= 4 is 129 Å². The molecule has 0 spiro atoms. The number of hydrogen-bond acceptors (Lipinski definition) is 47. The van der Waals surface area contributed by atoms with Crippen molar-refractivity contribution in [3.8, 4) is 0 Å².